The lowest BCUT2D eigenvalue weighted by atomic mass is 9.80. The Morgan fingerprint density at radius 3 is 2.46 bits per heavy atom. The van der Waals surface area contributed by atoms with Crippen molar-refractivity contribution in [3.05, 3.63) is 101 Å². The van der Waals surface area contributed by atoms with Crippen LogP contribution >= 0.6 is 0 Å². The first-order chi connectivity index (χ1) is 19.0. The van der Waals surface area contributed by atoms with Crippen LogP contribution in [0.4, 0.5) is 0 Å². The Bertz CT molecular complexity index is 1490. The van der Waals surface area contributed by atoms with Crippen molar-refractivity contribution in [3.8, 4) is 0 Å². The molecule has 0 radical (unpaired) electrons. The Hall–Kier alpha value is -3.75. The SMILES string of the molecule is O=C(C1CCNCC1c1ccccc1)N1CCC(O)(Cn2cnc3c(ccn3Cc3ccccc3)c2=O)CC1. The average molecular weight is 526 g/mol. The quantitative estimate of drug-likeness (QED) is 0.404. The summed E-state index contributed by atoms with van der Waals surface area (Å²) in [4.78, 5) is 33.4. The fourth-order valence-electron chi connectivity index (χ4n) is 6.18. The van der Waals surface area contributed by atoms with Gasteiger partial charge < -0.3 is 19.9 Å². The largest absolute Gasteiger partial charge is 0.388 e. The maximum absolute atomic E-state index is 13.6. The zero-order chi connectivity index (χ0) is 26.8. The van der Waals surface area contributed by atoms with Gasteiger partial charge in [-0.2, -0.15) is 0 Å². The Morgan fingerprint density at radius 1 is 1.00 bits per heavy atom. The van der Waals surface area contributed by atoms with Gasteiger partial charge in [0.25, 0.3) is 5.56 Å². The van der Waals surface area contributed by atoms with E-state index in [-0.39, 0.29) is 29.8 Å². The van der Waals surface area contributed by atoms with Crippen LogP contribution in [0.2, 0.25) is 0 Å². The molecule has 0 saturated carbocycles. The van der Waals surface area contributed by atoms with Crippen molar-refractivity contribution in [2.75, 3.05) is 26.2 Å². The van der Waals surface area contributed by atoms with Gasteiger partial charge in [-0.25, -0.2) is 4.98 Å². The fraction of sp³-hybridized carbons (Fsp3) is 0.387. The number of hydrogen-bond donors (Lipinski definition) is 2. The van der Waals surface area contributed by atoms with Gasteiger partial charge in [0, 0.05) is 44.2 Å². The lowest BCUT2D eigenvalue weighted by molar-refractivity contribution is -0.141. The molecular weight excluding hydrogens is 490 g/mol. The number of carbonyl (C=O) groups is 1. The highest BCUT2D eigenvalue weighted by atomic mass is 16.3. The topological polar surface area (TPSA) is 92.4 Å². The number of aromatic nitrogens is 3. The van der Waals surface area contributed by atoms with E-state index in [4.69, 9.17) is 0 Å². The molecule has 2 saturated heterocycles. The zero-order valence-electron chi connectivity index (χ0n) is 22.1. The minimum absolute atomic E-state index is 0.0611. The van der Waals surface area contributed by atoms with Gasteiger partial charge in [0.05, 0.1) is 17.5 Å². The molecule has 2 unspecified atom stereocenters. The molecule has 2 aliphatic rings. The second kappa shape index (κ2) is 10.8. The number of piperidine rings is 2. The first kappa shape index (κ1) is 25.5. The van der Waals surface area contributed by atoms with Crippen molar-refractivity contribution in [3.63, 3.8) is 0 Å². The second-order valence-electron chi connectivity index (χ2n) is 11.0. The number of hydrogen-bond acceptors (Lipinski definition) is 5. The minimum Gasteiger partial charge on any atom is -0.388 e. The molecule has 0 bridgehead atoms. The van der Waals surface area contributed by atoms with Crippen LogP contribution < -0.4 is 10.9 Å². The van der Waals surface area contributed by atoms with Gasteiger partial charge in [-0.1, -0.05) is 60.7 Å². The van der Waals surface area contributed by atoms with Crippen molar-refractivity contribution in [1.29, 1.82) is 0 Å². The van der Waals surface area contributed by atoms with Crippen molar-refractivity contribution in [2.24, 2.45) is 5.92 Å². The molecule has 2 N–H and O–H groups in total. The lowest BCUT2D eigenvalue weighted by Gasteiger charge is -2.41. The third-order valence-corrected chi connectivity index (χ3v) is 8.44. The Labute approximate surface area is 227 Å². The van der Waals surface area contributed by atoms with Crippen LogP contribution in [0.25, 0.3) is 11.0 Å². The molecule has 2 aromatic carbocycles. The zero-order valence-corrected chi connectivity index (χ0v) is 22.1. The van der Waals surface area contributed by atoms with E-state index >= 15 is 0 Å². The normalized spacial score (nSPS) is 21.2. The highest BCUT2D eigenvalue weighted by Crippen LogP contribution is 2.33. The van der Waals surface area contributed by atoms with Gasteiger partial charge in [-0.3, -0.25) is 14.2 Å². The van der Waals surface area contributed by atoms with Crippen molar-refractivity contribution in [1.82, 2.24) is 24.3 Å². The summed E-state index contributed by atoms with van der Waals surface area (Å²) < 4.78 is 3.49. The summed E-state index contributed by atoms with van der Waals surface area (Å²) in [6.07, 6.45) is 5.10. The van der Waals surface area contributed by atoms with Gasteiger partial charge in [-0.05, 0) is 43.0 Å². The summed E-state index contributed by atoms with van der Waals surface area (Å²) in [5.74, 6) is 0.264. The number of benzene rings is 2. The van der Waals surface area contributed by atoms with Crippen LogP contribution in [-0.2, 0) is 17.9 Å². The van der Waals surface area contributed by atoms with Crippen LogP contribution in [0, 0.1) is 5.92 Å². The highest BCUT2D eigenvalue weighted by molar-refractivity contribution is 5.80. The summed E-state index contributed by atoms with van der Waals surface area (Å²) in [5.41, 5.74) is 1.75. The third-order valence-electron chi connectivity index (χ3n) is 8.44. The number of nitrogens with one attached hydrogen (secondary N) is 1. The van der Waals surface area contributed by atoms with Crippen LogP contribution in [0.5, 0.6) is 0 Å². The van der Waals surface area contributed by atoms with Crippen LogP contribution in [0.3, 0.4) is 0 Å². The Balaban J connectivity index is 1.12. The number of carbonyl (C=O) groups excluding carboxylic acids is 1. The number of aliphatic hydroxyl groups is 1. The lowest BCUT2D eigenvalue weighted by Crippen LogP contribution is -2.52. The second-order valence-corrected chi connectivity index (χ2v) is 11.0. The van der Waals surface area contributed by atoms with E-state index < -0.39 is 5.60 Å². The predicted octanol–water partition coefficient (Wildman–Crippen LogP) is 2.99. The molecule has 39 heavy (non-hydrogen) atoms. The van der Waals surface area contributed by atoms with Crippen LogP contribution in [0.1, 0.15) is 36.3 Å². The van der Waals surface area contributed by atoms with Crippen LogP contribution in [-0.4, -0.2) is 61.8 Å². The van der Waals surface area contributed by atoms with E-state index in [9.17, 15) is 14.7 Å². The summed E-state index contributed by atoms with van der Waals surface area (Å²) in [6, 6.07) is 22.1. The van der Waals surface area contributed by atoms with E-state index in [1.165, 1.54) is 10.1 Å². The molecule has 6 rings (SSSR count). The maximum Gasteiger partial charge on any atom is 0.262 e. The van der Waals surface area contributed by atoms with Crippen molar-refractivity contribution in [2.45, 2.75) is 43.9 Å². The molecule has 2 aliphatic heterocycles. The standard InChI is InChI=1S/C31H35N5O3/c37-29(25-11-15-32-19-27(25)24-9-5-2-6-10-24)34-17-13-31(39,14-18-34)21-36-22-33-28-26(30(36)38)12-16-35(28)20-23-7-3-1-4-8-23/h1-10,12,16,22,25,27,32,39H,11,13-15,17-21H2. The fourth-order valence-corrected chi connectivity index (χ4v) is 6.18. The number of rotatable bonds is 6. The van der Waals surface area contributed by atoms with Crippen molar-refractivity contribution < 1.29 is 9.90 Å². The van der Waals surface area contributed by atoms with Gasteiger partial charge in [0.2, 0.25) is 5.91 Å². The Kier molecular flexibility index (Phi) is 7.06. The molecule has 8 nitrogen and oxygen atoms in total. The van der Waals surface area contributed by atoms with Gasteiger partial charge in [-0.15, -0.1) is 0 Å². The van der Waals surface area contributed by atoms with Gasteiger partial charge >= 0.3 is 0 Å². The Morgan fingerprint density at radius 2 is 1.72 bits per heavy atom. The van der Waals surface area contributed by atoms with E-state index in [0.29, 0.717) is 43.5 Å². The maximum atomic E-state index is 13.6. The minimum atomic E-state index is -1.06. The molecule has 2 aromatic heterocycles. The average Bonchev–Trinajstić information content (AvgIpc) is 3.39. The summed E-state index contributed by atoms with van der Waals surface area (Å²) in [7, 11) is 0. The molecule has 202 valence electrons. The number of amides is 1. The molecule has 4 heterocycles. The summed E-state index contributed by atoms with van der Waals surface area (Å²) in [6.45, 7) is 3.40. The van der Waals surface area contributed by atoms with Crippen molar-refractivity contribution >= 4 is 16.9 Å². The van der Waals surface area contributed by atoms with Gasteiger partial charge in [0.1, 0.15) is 12.0 Å². The molecule has 0 spiro atoms. The number of fused-ring (bicyclic) bond motifs is 1. The van der Waals surface area contributed by atoms with E-state index in [1.54, 1.807) is 12.4 Å². The number of nitrogens with zero attached hydrogens (tertiary/aromatic N) is 4. The molecule has 8 heteroatoms. The summed E-state index contributed by atoms with van der Waals surface area (Å²) >= 11 is 0. The van der Waals surface area contributed by atoms with E-state index in [1.807, 2.05) is 64.2 Å². The smallest absolute Gasteiger partial charge is 0.262 e. The highest BCUT2D eigenvalue weighted by Gasteiger charge is 2.39. The van der Waals surface area contributed by atoms with Gasteiger partial charge in [0.15, 0.2) is 0 Å². The molecule has 0 aliphatic carbocycles. The van der Waals surface area contributed by atoms with E-state index in [2.05, 4.69) is 22.4 Å². The molecule has 2 fully saturated rings. The first-order valence-electron chi connectivity index (χ1n) is 13.9. The molecule has 4 aromatic rings. The first-order valence-corrected chi connectivity index (χ1v) is 13.9. The molecular formula is C31H35N5O3. The summed E-state index contributed by atoms with van der Waals surface area (Å²) in [5, 5.41) is 15.4. The number of likely N-dealkylation sites (tertiary alicyclic amines) is 1. The predicted molar refractivity (Wildman–Crippen MR) is 150 cm³/mol. The monoisotopic (exact) mass is 525 g/mol. The van der Waals surface area contributed by atoms with Crippen LogP contribution in [0.15, 0.2) is 84.0 Å². The third kappa shape index (κ3) is 5.27. The van der Waals surface area contributed by atoms with E-state index in [0.717, 1.165) is 25.1 Å². The molecule has 2 atom stereocenters. The molecule has 1 amide bonds.